The molecule has 0 aliphatic heterocycles. The second kappa shape index (κ2) is 7.62. The van der Waals surface area contributed by atoms with Gasteiger partial charge in [0.2, 0.25) is 0 Å². The Kier molecular flexibility index (Phi) is 4.98. The van der Waals surface area contributed by atoms with E-state index in [1.54, 1.807) is 13.1 Å². The van der Waals surface area contributed by atoms with Gasteiger partial charge in [-0.1, -0.05) is 6.07 Å². The van der Waals surface area contributed by atoms with Crippen LogP contribution in [-0.4, -0.2) is 25.7 Å². The highest BCUT2D eigenvalue weighted by Gasteiger charge is 2.16. The largest absolute Gasteiger partial charge is 0.432 e. The number of alkyl halides is 2. The smallest absolute Gasteiger partial charge is 0.387 e. The lowest BCUT2D eigenvalue weighted by molar-refractivity contribution is -0.0521. The Morgan fingerprint density at radius 1 is 1.07 bits per heavy atom. The summed E-state index contributed by atoms with van der Waals surface area (Å²) in [4.78, 5) is 20.7. The summed E-state index contributed by atoms with van der Waals surface area (Å²) in [6.45, 7) is -3.12. The number of nitrogens with zero attached hydrogens (tertiary/aromatic N) is 4. The van der Waals surface area contributed by atoms with E-state index in [1.807, 2.05) is 0 Å². The summed E-state index contributed by atoms with van der Waals surface area (Å²) >= 11 is 0. The molecule has 3 heterocycles. The number of hydrogen-bond donors (Lipinski definition) is 0. The molecule has 3 aromatic heterocycles. The first-order chi connectivity index (χ1) is 14.3. The van der Waals surface area contributed by atoms with Gasteiger partial charge in [-0.15, -0.1) is 0 Å². The SMILES string of the molecule is Cn1c(=O)n(Cc2cncc(F)c2)c2cc(-c3ccc(F)c(OC(F)F)c3)cnc21. The Morgan fingerprint density at radius 3 is 2.60 bits per heavy atom. The lowest BCUT2D eigenvalue weighted by atomic mass is 10.1. The Balaban J connectivity index is 1.82. The summed E-state index contributed by atoms with van der Waals surface area (Å²) in [5.74, 6) is -2.06. The fourth-order valence-electron chi connectivity index (χ4n) is 3.18. The van der Waals surface area contributed by atoms with E-state index in [1.165, 1.54) is 33.7 Å². The van der Waals surface area contributed by atoms with Gasteiger partial charge in [-0.3, -0.25) is 14.1 Å². The number of aryl methyl sites for hydroxylation is 1. The summed E-state index contributed by atoms with van der Waals surface area (Å²) < 4.78 is 59.1. The van der Waals surface area contributed by atoms with Gasteiger partial charge in [0.25, 0.3) is 0 Å². The summed E-state index contributed by atoms with van der Waals surface area (Å²) in [5.41, 5.74) is 1.74. The van der Waals surface area contributed by atoms with Crippen molar-refractivity contribution >= 4 is 11.2 Å². The summed E-state index contributed by atoms with van der Waals surface area (Å²) in [5, 5.41) is 0. The Hall–Kier alpha value is -3.69. The molecule has 10 heteroatoms. The van der Waals surface area contributed by atoms with E-state index in [0.717, 1.165) is 18.3 Å². The van der Waals surface area contributed by atoms with E-state index < -0.39 is 24.0 Å². The van der Waals surface area contributed by atoms with Gasteiger partial charge in [0.05, 0.1) is 18.3 Å². The number of ether oxygens (including phenoxy) is 1. The maximum absolute atomic E-state index is 13.7. The van der Waals surface area contributed by atoms with Crippen molar-refractivity contribution in [2.24, 2.45) is 7.05 Å². The average Bonchev–Trinajstić information content (AvgIpc) is 2.94. The highest BCUT2D eigenvalue weighted by Crippen LogP contribution is 2.29. The van der Waals surface area contributed by atoms with Gasteiger partial charge in [-0.05, 0) is 35.4 Å². The molecule has 0 spiro atoms. The van der Waals surface area contributed by atoms with Crippen molar-refractivity contribution in [3.8, 4) is 16.9 Å². The van der Waals surface area contributed by atoms with Crippen molar-refractivity contribution in [1.29, 1.82) is 0 Å². The van der Waals surface area contributed by atoms with Crippen LogP contribution in [0.1, 0.15) is 5.56 Å². The first-order valence-electron chi connectivity index (χ1n) is 8.73. The van der Waals surface area contributed by atoms with E-state index in [0.29, 0.717) is 27.9 Å². The molecular formula is C20H14F4N4O2. The Labute approximate surface area is 167 Å². The Morgan fingerprint density at radius 2 is 1.87 bits per heavy atom. The molecule has 0 saturated carbocycles. The third kappa shape index (κ3) is 3.63. The van der Waals surface area contributed by atoms with Crippen molar-refractivity contribution in [2.45, 2.75) is 13.2 Å². The molecule has 0 unspecified atom stereocenters. The maximum atomic E-state index is 13.7. The molecule has 0 aliphatic rings. The van der Waals surface area contributed by atoms with Crippen LogP contribution >= 0.6 is 0 Å². The maximum Gasteiger partial charge on any atom is 0.387 e. The summed E-state index contributed by atoms with van der Waals surface area (Å²) in [7, 11) is 1.55. The third-order valence-electron chi connectivity index (χ3n) is 4.56. The van der Waals surface area contributed by atoms with Crippen molar-refractivity contribution < 1.29 is 22.3 Å². The van der Waals surface area contributed by atoms with Crippen LogP contribution in [0.4, 0.5) is 17.6 Å². The predicted octanol–water partition coefficient (Wildman–Crippen LogP) is 3.72. The second-order valence-corrected chi connectivity index (χ2v) is 6.53. The van der Waals surface area contributed by atoms with Crippen LogP contribution in [-0.2, 0) is 13.6 Å². The molecule has 154 valence electrons. The molecule has 6 nitrogen and oxygen atoms in total. The minimum absolute atomic E-state index is 0.0508. The van der Waals surface area contributed by atoms with Gasteiger partial charge < -0.3 is 4.74 Å². The summed E-state index contributed by atoms with van der Waals surface area (Å²) in [6.07, 6.45) is 3.94. The number of aromatic nitrogens is 4. The number of halogens is 4. The first-order valence-corrected chi connectivity index (χ1v) is 8.73. The van der Waals surface area contributed by atoms with Crippen LogP contribution in [0, 0.1) is 11.6 Å². The van der Waals surface area contributed by atoms with E-state index in [-0.39, 0.29) is 12.2 Å². The molecule has 4 aromatic rings. The average molecular weight is 418 g/mol. The molecule has 4 rings (SSSR count). The van der Waals surface area contributed by atoms with Gasteiger partial charge in [-0.25, -0.2) is 18.6 Å². The number of rotatable bonds is 5. The number of imidazole rings is 1. The van der Waals surface area contributed by atoms with Gasteiger partial charge >= 0.3 is 12.3 Å². The van der Waals surface area contributed by atoms with Gasteiger partial charge in [-0.2, -0.15) is 8.78 Å². The van der Waals surface area contributed by atoms with E-state index in [4.69, 9.17) is 0 Å². The van der Waals surface area contributed by atoms with Crippen molar-refractivity contribution in [3.63, 3.8) is 0 Å². The van der Waals surface area contributed by atoms with Crippen molar-refractivity contribution in [1.82, 2.24) is 19.1 Å². The van der Waals surface area contributed by atoms with Crippen LogP contribution in [0.3, 0.4) is 0 Å². The molecular weight excluding hydrogens is 404 g/mol. The number of hydrogen-bond acceptors (Lipinski definition) is 4. The zero-order valence-electron chi connectivity index (χ0n) is 15.5. The standard InChI is InChI=1S/C20H14F4N4O2/c1-27-18-16(28(20(27)29)10-11-4-14(21)9-25-7-11)5-13(8-26-18)12-2-3-15(22)17(6-12)30-19(23)24/h2-9,19H,10H2,1H3. The molecule has 0 fully saturated rings. The zero-order valence-corrected chi connectivity index (χ0v) is 15.5. The summed E-state index contributed by atoms with van der Waals surface area (Å²) in [6, 6.07) is 6.41. The minimum Gasteiger partial charge on any atom is -0.432 e. The molecule has 1 aromatic carbocycles. The van der Waals surface area contributed by atoms with Crippen LogP contribution in [0.5, 0.6) is 5.75 Å². The van der Waals surface area contributed by atoms with Crippen LogP contribution in [0.15, 0.2) is 53.7 Å². The fraction of sp³-hybridized carbons (Fsp3) is 0.150. The highest BCUT2D eigenvalue weighted by atomic mass is 19.3. The van der Waals surface area contributed by atoms with Crippen LogP contribution < -0.4 is 10.4 Å². The van der Waals surface area contributed by atoms with Crippen LogP contribution in [0.25, 0.3) is 22.3 Å². The number of benzene rings is 1. The molecule has 0 bridgehead atoms. The normalized spacial score (nSPS) is 11.4. The molecule has 30 heavy (non-hydrogen) atoms. The molecule has 0 radical (unpaired) electrons. The van der Waals surface area contributed by atoms with E-state index in [2.05, 4.69) is 14.7 Å². The zero-order chi connectivity index (χ0) is 21.4. The lowest BCUT2D eigenvalue weighted by Crippen LogP contribution is -2.22. The molecule has 0 atom stereocenters. The number of pyridine rings is 2. The van der Waals surface area contributed by atoms with Crippen molar-refractivity contribution in [3.05, 3.63) is 76.6 Å². The van der Waals surface area contributed by atoms with Gasteiger partial charge in [0.15, 0.2) is 17.2 Å². The molecule has 0 aliphatic carbocycles. The van der Waals surface area contributed by atoms with Gasteiger partial charge in [0.1, 0.15) is 5.82 Å². The fourth-order valence-corrected chi connectivity index (χ4v) is 3.18. The monoisotopic (exact) mass is 418 g/mol. The Bertz CT molecular complexity index is 1300. The lowest BCUT2D eigenvalue weighted by Gasteiger charge is -2.09. The quantitative estimate of drug-likeness (QED) is 0.464. The number of fused-ring (bicyclic) bond motifs is 1. The first kappa shape index (κ1) is 19.6. The molecule has 0 amide bonds. The van der Waals surface area contributed by atoms with E-state index in [9.17, 15) is 22.4 Å². The van der Waals surface area contributed by atoms with Crippen LogP contribution in [0.2, 0.25) is 0 Å². The van der Waals surface area contributed by atoms with E-state index >= 15 is 0 Å². The molecule has 0 saturated heterocycles. The predicted molar refractivity (Wildman–Crippen MR) is 100 cm³/mol. The highest BCUT2D eigenvalue weighted by molar-refractivity contribution is 5.79. The van der Waals surface area contributed by atoms with Crippen molar-refractivity contribution in [2.75, 3.05) is 0 Å². The second-order valence-electron chi connectivity index (χ2n) is 6.53. The minimum atomic E-state index is -3.17. The third-order valence-corrected chi connectivity index (χ3v) is 4.56. The molecule has 0 N–H and O–H groups in total. The topological polar surface area (TPSA) is 61.9 Å². The van der Waals surface area contributed by atoms with Gasteiger partial charge in [0, 0.05) is 25.0 Å².